The van der Waals surface area contributed by atoms with Crippen molar-refractivity contribution in [3.8, 4) is 11.5 Å². The van der Waals surface area contributed by atoms with Gasteiger partial charge in [0.25, 0.3) is 0 Å². The Morgan fingerprint density at radius 1 is 0.971 bits per heavy atom. The molecule has 8 heteroatoms. The SMILES string of the molecule is CCCCCCCN(CCc1cccc(OC(C)(CC)C(=O)O)c1)S(=O)(=O)c1ccc(OC)cc1. The second-order valence-electron chi connectivity index (χ2n) is 8.88. The van der Waals surface area contributed by atoms with Gasteiger partial charge in [-0.3, -0.25) is 0 Å². The van der Waals surface area contributed by atoms with Crippen LogP contribution in [-0.4, -0.2) is 49.6 Å². The minimum absolute atomic E-state index is 0.240. The Labute approximate surface area is 210 Å². The maximum absolute atomic E-state index is 13.4. The lowest BCUT2D eigenvalue weighted by molar-refractivity contribution is -0.154. The lowest BCUT2D eigenvalue weighted by atomic mass is 10.0. The molecule has 0 amide bonds. The van der Waals surface area contributed by atoms with Crippen molar-refractivity contribution in [1.29, 1.82) is 0 Å². The van der Waals surface area contributed by atoms with Crippen molar-refractivity contribution < 1.29 is 27.8 Å². The number of carboxylic acid groups (broad SMARTS) is 1. The summed E-state index contributed by atoms with van der Waals surface area (Å²) in [4.78, 5) is 11.8. The number of nitrogens with zero attached hydrogens (tertiary/aromatic N) is 1. The van der Waals surface area contributed by atoms with Gasteiger partial charge in [0, 0.05) is 13.1 Å². The second-order valence-corrected chi connectivity index (χ2v) is 10.8. The number of carbonyl (C=O) groups is 1. The van der Waals surface area contributed by atoms with Crippen LogP contribution in [0.3, 0.4) is 0 Å². The maximum Gasteiger partial charge on any atom is 0.347 e. The van der Waals surface area contributed by atoms with Crippen LogP contribution >= 0.6 is 0 Å². The summed E-state index contributed by atoms with van der Waals surface area (Å²) < 4.78 is 39.4. The Balaban J connectivity index is 2.18. The molecule has 0 aliphatic carbocycles. The highest BCUT2D eigenvalue weighted by Crippen LogP contribution is 2.24. The van der Waals surface area contributed by atoms with Crippen LogP contribution in [0.2, 0.25) is 0 Å². The second kappa shape index (κ2) is 13.5. The summed E-state index contributed by atoms with van der Waals surface area (Å²) in [7, 11) is -2.13. The molecule has 1 atom stereocenters. The number of ether oxygens (including phenoxy) is 2. The first-order valence-corrected chi connectivity index (χ1v) is 13.8. The molecule has 0 aromatic heterocycles. The van der Waals surface area contributed by atoms with Crippen LogP contribution in [0.5, 0.6) is 11.5 Å². The van der Waals surface area contributed by atoms with E-state index in [0.29, 0.717) is 37.4 Å². The molecule has 0 bridgehead atoms. The van der Waals surface area contributed by atoms with E-state index < -0.39 is 21.6 Å². The highest BCUT2D eigenvalue weighted by Gasteiger charge is 2.33. The van der Waals surface area contributed by atoms with Gasteiger partial charge in [-0.05, 0) is 68.1 Å². The van der Waals surface area contributed by atoms with Crippen molar-refractivity contribution in [2.75, 3.05) is 20.2 Å². The minimum atomic E-state index is -3.67. The fourth-order valence-corrected chi connectivity index (χ4v) is 5.17. The van der Waals surface area contributed by atoms with Crippen LogP contribution < -0.4 is 9.47 Å². The normalized spacial score (nSPS) is 13.4. The highest BCUT2D eigenvalue weighted by molar-refractivity contribution is 7.89. The molecule has 0 aliphatic heterocycles. The van der Waals surface area contributed by atoms with Crippen LogP contribution in [0, 0.1) is 0 Å². The fraction of sp³-hybridized carbons (Fsp3) is 0.519. The molecule has 194 valence electrons. The Morgan fingerprint density at radius 2 is 1.66 bits per heavy atom. The van der Waals surface area contributed by atoms with E-state index in [9.17, 15) is 18.3 Å². The highest BCUT2D eigenvalue weighted by atomic mass is 32.2. The van der Waals surface area contributed by atoms with Gasteiger partial charge in [-0.25, -0.2) is 13.2 Å². The van der Waals surface area contributed by atoms with Gasteiger partial charge in [-0.1, -0.05) is 51.7 Å². The average molecular weight is 506 g/mol. The summed E-state index contributed by atoms with van der Waals surface area (Å²) in [5.74, 6) is 0.0379. The van der Waals surface area contributed by atoms with Gasteiger partial charge in [-0.2, -0.15) is 4.31 Å². The quantitative estimate of drug-likeness (QED) is 0.302. The van der Waals surface area contributed by atoms with E-state index in [1.165, 1.54) is 0 Å². The number of hydrogen-bond donors (Lipinski definition) is 1. The van der Waals surface area contributed by atoms with Crippen LogP contribution in [0.25, 0.3) is 0 Å². The van der Waals surface area contributed by atoms with Crippen molar-refractivity contribution in [3.05, 3.63) is 54.1 Å². The number of benzene rings is 2. The molecule has 1 unspecified atom stereocenters. The third-order valence-electron chi connectivity index (χ3n) is 6.23. The third kappa shape index (κ3) is 8.25. The molecular formula is C27H39NO6S. The van der Waals surface area contributed by atoms with E-state index in [-0.39, 0.29) is 4.90 Å². The largest absolute Gasteiger partial charge is 0.497 e. The number of methoxy groups -OCH3 is 1. The predicted molar refractivity (Wildman–Crippen MR) is 138 cm³/mol. The number of sulfonamides is 1. The molecule has 2 aromatic rings. The minimum Gasteiger partial charge on any atom is -0.497 e. The van der Waals surface area contributed by atoms with Crippen molar-refractivity contribution in [3.63, 3.8) is 0 Å². The summed E-state index contributed by atoms with van der Waals surface area (Å²) in [5, 5.41) is 9.50. The summed E-state index contributed by atoms with van der Waals surface area (Å²) in [6.45, 7) is 6.22. The van der Waals surface area contributed by atoms with E-state index in [4.69, 9.17) is 9.47 Å². The van der Waals surface area contributed by atoms with E-state index in [0.717, 1.165) is 37.7 Å². The Hall–Kier alpha value is -2.58. The molecule has 7 nitrogen and oxygen atoms in total. The van der Waals surface area contributed by atoms with E-state index in [2.05, 4.69) is 6.92 Å². The number of hydrogen-bond acceptors (Lipinski definition) is 5. The number of unbranched alkanes of at least 4 members (excludes halogenated alkanes) is 4. The molecular weight excluding hydrogens is 466 g/mol. The number of carboxylic acids is 1. The monoisotopic (exact) mass is 505 g/mol. The molecule has 2 aromatic carbocycles. The molecule has 0 radical (unpaired) electrons. The van der Waals surface area contributed by atoms with E-state index in [1.807, 2.05) is 6.07 Å². The first-order valence-electron chi connectivity index (χ1n) is 12.3. The lowest BCUT2D eigenvalue weighted by Gasteiger charge is -2.25. The molecule has 2 rings (SSSR count). The average Bonchev–Trinajstić information content (AvgIpc) is 2.85. The van der Waals surface area contributed by atoms with Gasteiger partial charge in [0.05, 0.1) is 12.0 Å². The number of aliphatic carboxylic acids is 1. The van der Waals surface area contributed by atoms with Crippen molar-refractivity contribution in [2.45, 2.75) is 76.2 Å². The van der Waals surface area contributed by atoms with E-state index in [1.54, 1.807) is 67.7 Å². The summed E-state index contributed by atoms with van der Waals surface area (Å²) >= 11 is 0. The van der Waals surface area contributed by atoms with Crippen molar-refractivity contribution in [1.82, 2.24) is 4.31 Å². The summed E-state index contributed by atoms with van der Waals surface area (Å²) in [6.07, 6.45) is 5.95. The zero-order valence-corrected chi connectivity index (χ0v) is 22.1. The smallest absolute Gasteiger partial charge is 0.347 e. The third-order valence-corrected chi connectivity index (χ3v) is 8.14. The lowest BCUT2D eigenvalue weighted by Crippen LogP contribution is -2.40. The molecule has 0 heterocycles. The summed E-state index contributed by atoms with van der Waals surface area (Å²) in [6, 6.07) is 13.7. The maximum atomic E-state index is 13.4. The zero-order chi connectivity index (χ0) is 25.9. The van der Waals surface area contributed by atoms with Crippen LogP contribution in [0.1, 0.15) is 64.9 Å². The van der Waals surface area contributed by atoms with Crippen LogP contribution in [-0.2, 0) is 21.2 Å². The zero-order valence-electron chi connectivity index (χ0n) is 21.3. The van der Waals surface area contributed by atoms with Gasteiger partial charge in [0.15, 0.2) is 0 Å². The standard InChI is InChI=1S/C27H39NO6S/c1-5-7-8-9-10-19-28(35(31,32)25-16-14-23(33-4)15-17-25)20-18-22-12-11-13-24(21-22)34-27(3,6-2)26(29)30/h11-17,21H,5-10,18-20H2,1-4H3,(H,29,30). The van der Waals surface area contributed by atoms with Crippen molar-refractivity contribution >= 4 is 16.0 Å². The summed E-state index contributed by atoms with van der Waals surface area (Å²) in [5.41, 5.74) is -0.437. The molecule has 35 heavy (non-hydrogen) atoms. The fourth-order valence-electron chi connectivity index (χ4n) is 3.69. The van der Waals surface area contributed by atoms with Gasteiger partial charge in [-0.15, -0.1) is 0 Å². The molecule has 0 saturated carbocycles. The molecule has 0 aliphatic rings. The molecule has 0 fully saturated rings. The van der Waals surface area contributed by atoms with Gasteiger partial charge in [0.2, 0.25) is 15.6 Å². The van der Waals surface area contributed by atoms with E-state index >= 15 is 0 Å². The van der Waals surface area contributed by atoms with Gasteiger partial charge in [0.1, 0.15) is 11.5 Å². The molecule has 1 N–H and O–H groups in total. The Kier molecular flexibility index (Phi) is 11.0. The number of rotatable bonds is 16. The molecule has 0 spiro atoms. The Bertz CT molecular complexity index is 1040. The van der Waals surface area contributed by atoms with Gasteiger partial charge < -0.3 is 14.6 Å². The predicted octanol–water partition coefficient (Wildman–Crippen LogP) is 5.53. The first kappa shape index (κ1) is 28.7. The van der Waals surface area contributed by atoms with Crippen LogP contribution in [0.15, 0.2) is 53.4 Å². The van der Waals surface area contributed by atoms with Crippen molar-refractivity contribution in [2.24, 2.45) is 0 Å². The first-order chi connectivity index (χ1) is 16.7. The van der Waals surface area contributed by atoms with Crippen LogP contribution in [0.4, 0.5) is 0 Å². The van der Waals surface area contributed by atoms with Gasteiger partial charge >= 0.3 is 5.97 Å². The molecule has 0 saturated heterocycles. The Morgan fingerprint density at radius 3 is 2.26 bits per heavy atom. The topological polar surface area (TPSA) is 93.1 Å².